The summed E-state index contributed by atoms with van der Waals surface area (Å²) in [5.74, 6) is 0.314. The lowest BCUT2D eigenvalue weighted by Crippen LogP contribution is -2.30. The Kier molecular flexibility index (Phi) is 8.14. The number of nitriles is 1. The third-order valence-electron chi connectivity index (χ3n) is 3.41. The second-order valence-electron chi connectivity index (χ2n) is 6.03. The summed E-state index contributed by atoms with van der Waals surface area (Å²) >= 11 is 11.6. The number of benzene rings is 2. The van der Waals surface area contributed by atoms with Gasteiger partial charge in [-0.1, -0.05) is 23.7 Å². The highest BCUT2D eigenvalue weighted by molar-refractivity contribution is 14.1. The molecule has 0 aliphatic rings. The van der Waals surface area contributed by atoms with Crippen molar-refractivity contribution in [1.29, 1.82) is 5.26 Å². The molecule has 7 heteroatoms. The van der Waals surface area contributed by atoms with Crippen LogP contribution in [0.1, 0.15) is 25.0 Å². The van der Waals surface area contributed by atoms with Crippen LogP contribution in [0.25, 0.3) is 6.08 Å². The molecule has 27 heavy (non-hydrogen) atoms. The SMILES string of the molecule is CC(C)NC(=O)/C(C#N)=C\c1cc(Br)c(OCc2ccc(Cl)cc2)c(I)c1. The van der Waals surface area contributed by atoms with Gasteiger partial charge >= 0.3 is 0 Å². The number of carbonyl (C=O) groups is 1. The Hall–Kier alpha value is -1.56. The molecule has 0 saturated heterocycles. The van der Waals surface area contributed by atoms with Crippen LogP contribution < -0.4 is 10.1 Å². The molecule has 1 amide bonds. The summed E-state index contributed by atoms with van der Waals surface area (Å²) < 4.78 is 7.53. The third kappa shape index (κ3) is 6.52. The number of ether oxygens (including phenoxy) is 1. The zero-order valence-electron chi connectivity index (χ0n) is 14.7. The van der Waals surface area contributed by atoms with E-state index in [0.717, 1.165) is 19.2 Å². The van der Waals surface area contributed by atoms with Crippen molar-refractivity contribution in [3.63, 3.8) is 0 Å². The summed E-state index contributed by atoms with van der Waals surface area (Å²) in [4.78, 5) is 12.1. The van der Waals surface area contributed by atoms with Crippen molar-refractivity contribution in [2.75, 3.05) is 0 Å². The van der Waals surface area contributed by atoms with Gasteiger partial charge in [0.1, 0.15) is 24.0 Å². The predicted molar refractivity (Wildman–Crippen MR) is 120 cm³/mol. The highest BCUT2D eigenvalue weighted by Crippen LogP contribution is 2.33. The molecule has 0 fully saturated rings. The van der Waals surface area contributed by atoms with Crippen LogP contribution in [0.5, 0.6) is 5.75 Å². The van der Waals surface area contributed by atoms with Crippen LogP contribution in [0.4, 0.5) is 0 Å². The van der Waals surface area contributed by atoms with Gasteiger partial charge in [0.15, 0.2) is 0 Å². The molecule has 0 bridgehead atoms. The van der Waals surface area contributed by atoms with E-state index in [2.05, 4.69) is 43.8 Å². The van der Waals surface area contributed by atoms with Crippen molar-refractivity contribution < 1.29 is 9.53 Å². The van der Waals surface area contributed by atoms with Crippen molar-refractivity contribution in [3.05, 3.63) is 66.2 Å². The fraction of sp³-hybridized carbons (Fsp3) is 0.200. The molecule has 1 N–H and O–H groups in total. The van der Waals surface area contributed by atoms with Gasteiger partial charge in [-0.2, -0.15) is 5.26 Å². The van der Waals surface area contributed by atoms with Gasteiger partial charge in [0.05, 0.1) is 8.04 Å². The van der Waals surface area contributed by atoms with E-state index < -0.39 is 0 Å². The average Bonchev–Trinajstić information content (AvgIpc) is 2.59. The molecule has 0 aliphatic heterocycles. The van der Waals surface area contributed by atoms with Crippen LogP contribution in [-0.2, 0) is 11.4 Å². The Morgan fingerprint density at radius 1 is 1.37 bits per heavy atom. The number of carbonyl (C=O) groups excluding carboxylic acids is 1. The molecule has 0 heterocycles. The number of nitrogens with zero attached hydrogens (tertiary/aromatic N) is 1. The molecule has 2 rings (SSSR count). The van der Waals surface area contributed by atoms with Gasteiger partial charge in [-0.3, -0.25) is 4.79 Å². The van der Waals surface area contributed by atoms with E-state index in [4.69, 9.17) is 16.3 Å². The molecule has 2 aromatic rings. The molecule has 0 atom stereocenters. The zero-order chi connectivity index (χ0) is 20.0. The van der Waals surface area contributed by atoms with Gasteiger partial charge in [0, 0.05) is 11.1 Å². The fourth-order valence-electron chi connectivity index (χ4n) is 2.19. The van der Waals surface area contributed by atoms with E-state index in [1.54, 1.807) is 6.08 Å². The summed E-state index contributed by atoms with van der Waals surface area (Å²) in [7, 11) is 0. The van der Waals surface area contributed by atoms with E-state index >= 15 is 0 Å². The molecule has 2 aromatic carbocycles. The average molecular weight is 560 g/mol. The maximum atomic E-state index is 12.1. The van der Waals surface area contributed by atoms with Crippen LogP contribution in [0, 0.1) is 14.9 Å². The maximum absolute atomic E-state index is 12.1. The van der Waals surface area contributed by atoms with Crippen LogP contribution in [-0.4, -0.2) is 11.9 Å². The molecule has 0 spiro atoms. The van der Waals surface area contributed by atoms with Crippen molar-refractivity contribution in [2.24, 2.45) is 0 Å². The quantitative estimate of drug-likeness (QED) is 0.280. The number of hydrogen-bond acceptors (Lipinski definition) is 3. The second-order valence-corrected chi connectivity index (χ2v) is 8.48. The lowest BCUT2D eigenvalue weighted by Gasteiger charge is -2.12. The molecular formula is C20H17BrClIN2O2. The molecular weight excluding hydrogens is 542 g/mol. The molecule has 0 aromatic heterocycles. The lowest BCUT2D eigenvalue weighted by atomic mass is 10.1. The van der Waals surface area contributed by atoms with E-state index in [9.17, 15) is 10.1 Å². The maximum Gasteiger partial charge on any atom is 0.262 e. The minimum Gasteiger partial charge on any atom is -0.487 e. The normalized spacial score (nSPS) is 11.2. The molecule has 0 radical (unpaired) electrons. The Morgan fingerprint density at radius 3 is 2.59 bits per heavy atom. The molecule has 0 unspecified atom stereocenters. The largest absolute Gasteiger partial charge is 0.487 e. The number of nitrogens with one attached hydrogen (secondary N) is 1. The number of halogens is 3. The van der Waals surface area contributed by atoms with Gasteiger partial charge in [0.25, 0.3) is 5.91 Å². The van der Waals surface area contributed by atoms with Gasteiger partial charge in [-0.05, 0) is 93.8 Å². The van der Waals surface area contributed by atoms with Gasteiger partial charge in [-0.15, -0.1) is 0 Å². The van der Waals surface area contributed by atoms with E-state index in [0.29, 0.717) is 17.4 Å². The summed E-state index contributed by atoms with van der Waals surface area (Å²) in [6, 6.07) is 13.1. The smallest absolute Gasteiger partial charge is 0.262 e. The van der Waals surface area contributed by atoms with E-state index in [1.165, 1.54) is 0 Å². The van der Waals surface area contributed by atoms with Crippen molar-refractivity contribution in [2.45, 2.75) is 26.5 Å². The lowest BCUT2D eigenvalue weighted by molar-refractivity contribution is -0.117. The summed E-state index contributed by atoms with van der Waals surface area (Å²) in [6.07, 6.45) is 1.56. The van der Waals surface area contributed by atoms with Crippen LogP contribution in [0.2, 0.25) is 5.02 Å². The number of rotatable bonds is 6. The van der Waals surface area contributed by atoms with E-state index in [1.807, 2.05) is 56.3 Å². The standard InChI is InChI=1S/C20H17BrClIN2O2/c1-12(2)25-20(26)15(10-24)7-14-8-17(21)19(18(23)9-14)27-11-13-3-5-16(22)6-4-13/h3-9,12H,11H2,1-2H3,(H,25,26)/b15-7-. The Balaban J connectivity index is 2.20. The monoisotopic (exact) mass is 558 g/mol. The minimum atomic E-state index is -0.387. The van der Waals surface area contributed by atoms with Crippen molar-refractivity contribution in [3.8, 4) is 11.8 Å². The Labute approximate surface area is 185 Å². The molecule has 140 valence electrons. The van der Waals surface area contributed by atoms with Crippen molar-refractivity contribution in [1.82, 2.24) is 5.32 Å². The first-order valence-electron chi connectivity index (χ1n) is 8.09. The first-order chi connectivity index (χ1) is 12.8. The zero-order valence-corrected chi connectivity index (χ0v) is 19.2. The summed E-state index contributed by atoms with van der Waals surface area (Å²) in [5, 5.41) is 12.7. The van der Waals surface area contributed by atoms with Gasteiger partial charge < -0.3 is 10.1 Å². The fourth-order valence-corrected chi connectivity index (χ4v) is 4.09. The van der Waals surface area contributed by atoms with Crippen LogP contribution in [0.15, 0.2) is 46.4 Å². The predicted octanol–water partition coefficient (Wildman–Crippen LogP) is 5.72. The number of amides is 1. The number of hydrogen-bond donors (Lipinski definition) is 1. The second kappa shape index (κ2) is 10.1. The summed E-state index contributed by atoms with van der Waals surface area (Å²) in [6.45, 7) is 4.10. The third-order valence-corrected chi connectivity index (χ3v) is 5.06. The Morgan fingerprint density at radius 2 is 2.04 bits per heavy atom. The van der Waals surface area contributed by atoms with Gasteiger partial charge in [-0.25, -0.2) is 0 Å². The first kappa shape index (κ1) is 21.7. The highest BCUT2D eigenvalue weighted by Gasteiger charge is 2.13. The van der Waals surface area contributed by atoms with E-state index in [-0.39, 0.29) is 17.5 Å². The molecule has 0 saturated carbocycles. The van der Waals surface area contributed by atoms with Crippen LogP contribution >= 0.6 is 50.1 Å². The topological polar surface area (TPSA) is 62.1 Å². The summed E-state index contributed by atoms with van der Waals surface area (Å²) in [5.41, 5.74) is 1.80. The molecule has 4 nitrogen and oxygen atoms in total. The highest BCUT2D eigenvalue weighted by atomic mass is 127. The Bertz CT molecular complexity index is 882. The van der Waals surface area contributed by atoms with Gasteiger partial charge in [0.2, 0.25) is 0 Å². The van der Waals surface area contributed by atoms with Crippen LogP contribution in [0.3, 0.4) is 0 Å². The van der Waals surface area contributed by atoms with Crippen molar-refractivity contribution >= 4 is 62.1 Å². The molecule has 0 aliphatic carbocycles. The first-order valence-corrected chi connectivity index (χ1v) is 10.3. The minimum absolute atomic E-state index is 0.0373.